The van der Waals surface area contributed by atoms with Crippen LogP contribution in [0, 0.1) is 0 Å². The lowest BCUT2D eigenvalue weighted by molar-refractivity contribution is -0.129. The van der Waals surface area contributed by atoms with E-state index >= 15 is 0 Å². The Bertz CT molecular complexity index is 374. The molecule has 1 amide bonds. The van der Waals surface area contributed by atoms with Gasteiger partial charge in [0.15, 0.2) is 0 Å². The molecule has 0 N–H and O–H groups in total. The first kappa shape index (κ1) is 12.1. The molecule has 0 saturated carbocycles. The van der Waals surface area contributed by atoms with Gasteiger partial charge in [0.25, 0.3) is 0 Å². The van der Waals surface area contributed by atoms with E-state index in [9.17, 15) is 4.79 Å². The zero-order chi connectivity index (χ0) is 12.3. The third kappa shape index (κ3) is 3.07. The van der Waals surface area contributed by atoms with Crippen molar-refractivity contribution in [1.82, 2.24) is 9.80 Å². The number of hydrogen-bond acceptors (Lipinski definition) is 2. The maximum Gasteiger partial charge on any atom is 0.236 e. The molecule has 0 saturated heterocycles. The van der Waals surface area contributed by atoms with Gasteiger partial charge in [0.1, 0.15) is 0 Å². The van der Waals surface area contributed by atoms with Crippen molar-refractivity contribution in [3.05, 3.63) is 35.4 Å². The van der Waals surface area contributed by atoms with E-state index in [1.54, 1.807) is 4.90 Å². The quantitative estimate of drug-likeness (QED) is 0.764. The fraction of sp³-hybridized carbons (Fsp3) is 0.500. The van der Waals surface area contributed by atoms with Gasteiger partial charge in [-0.3, -0.25) is 9.69 Å². The maximum absolute atomic E-state index is 11.7. The summed E-state index contributed by atoms with van der Waals surface area (Å²) in [5.74, 6) is 0.191. The molecule has 92 valence electrons. The molecule has 1 aliphatic rings. The second kappa shape index (κ2) is 5.32. The van der Waals surface area contributed by atoms with Crippen molar-refractivity contribution in [1.29, 1.82) is 0 Å². The number of benzene rings is 1. The molecule has 3 nitrogen and oxygen atoms in total. The second-order valence-corrected chi connectivity index (χ2v) is 4.83. The highest BCUT2D eigenvalue weighted by molar-refractivity contribution is 5.77. The number of nitrogens with zero attached hydrogens (tertiary/aromatic N) is 2. The molecule has 1 heterocycles. The zero-order valence-electron chi connectivity index (χ0n) is 10.6. The fourth-order valence-electron chi connectivity index (χ4n) is 2.21. The van der Waals surface area contributed by atoms with Crippen LogP contribution >= 0.6 is 0 Å². The van der Waals surface area contributed by atoms with Gasteiger partial charge in [0.05, 0.1) is 6.54 Å². The summed E-state index contributed by atoms with van der Waals surface area (Å²) in [5, 5.41) is 0. The molecule has 0 radical (unpaired) electrons. The average molecular weight is 232 g/mol. The Morgan fingerprint density at radius 3 is 2.18 bits per heavy atom. The normalized spacial score (nSPS) is 16.1. The summed E-state index contributed by atoms with van der Waals surface area (Å²) < 4.78 is 0. The lowest BCUT2D eigenvalue weighted by atomic mass is 10.0. The first-order valence-electron chi connectivity index (χ1n) is 6.16. The van der Waals surface area contributed by atoms with E-state index in [1.165, 1.54) is 11.1 Å². The Kier molecular flexibility index (Phi) is 3.79. The largest absolute Gasteiger partial charge is 0.348 e. The van der Waals surface area contributed by atoms with Gasteiger partial charge >= 0.3 is 0 Å². The molecule has 0 aliphatic carbocycles. The van der Waals surface area contributed by atoms with Crippen LogP contribution < -0.4 is 0 Å². The summed E-state index contributed by atoms with van der Waals surface area (Å²) in [7, 11) is 3.63. The van der Waals surface area contributed by atoms with Crippen molar-refractivity contribution in [2.75, 3.05) is 33.7 Å². The van der Waals surface area contributed by atoms with Gasteiger partial charge in [-0.1, -0.05) is 24.3 Å². The van der Waals surface area contributed by atoms with Gasteiger partial charge in [-0.25, -0.2) is 0 Å². The standard InChI is InChI=1S/C14H20N2O/c1-15(2)14(17)11-16-9-7-12-5-3-4-6-13(12)8-10-16/h3-6H,7-11H2,1-2H3. The minimum Gasteiger partial charge on any atom is -0.348 e. The van der Waals surface area contributed by atoms with Gasteiger partial charge in [-0.15, -0.1) is 0 Å². The van der Waals surface area contributed by atoms with E-state index in [-0.39, 0.29) is 5.91 Å². The highest BCUT2D eigenvalue weighted by atomic mass is 16.2. The molecule has 0 unspecified atom stereocenters. The highest BCUT2D eigenvalue weighted by Crippen LogP contribution is 2.15. The molecular weight excluding hydrogens is 212 g/mol. The summed E-state index contributed by atoms with van der Waals surface area (Å²) in [5.41, 5.74) is 2.87. The third-order valence-electron chi connectivity index (χ3n) is 3.37. The van der Waals surface area contributed by atoms with Gasteiger partial charge in [-0.05, 0) is 24.0 Å². The molecule has 1 aliphatic heterocycles. The number of likely N-dealkylation sites (N-methyl/N-ethyl adjacent to an activating group) is 1. The molecule has 1 aromatic carbocycles. The van der Waals surface area contributed by atoms with Crippen LogP contribution in [0.4, 0.5) is 0 Å². The van der Waals surface area contributed by atoms with E-state index in [4.69, 9.17) is 0 Å². The molecule has 0 atom stereocenters. The summed E-state index contributed by atoms with van der Waals surface area (Å²) in [6.07, 6.45) is 2.10. The first-order valence-corrected chi connectivity index (χ1v) is 6.16. The lowest BCUT2D eigenvalue weighted by Gasteiger charge is -2.21. The van der Waals surface area contributed by atoms with Gasteiger partial charge in [0, 0.05) is 27.2 Å². The lowest BCUT2D eigenvalue weighted by Crippen LogP contribution is -2.37. The monoisotopic (exact) mass is 232 g/mol. The third-order valence-corrected chi connectivity index (χ3v) is 3.37. The van der Waals surface area contributed by atoms with E-state index in [2.05, 4.69) is 29.2 Å². The molecular formula is C14H20N2O. The Balaban J connectivity index is 1.97. The Morgan fingerprint density at radius 2 is 1.71 bits per heavy atom. The molecule has 1 aromatic rings. The predicted molar refractivity (Wildman–Crippen MR) is 69.0 cm³/mol. The van der Waals surface area contributed by atoms with E-state index in [0.29, 0.717) is 6.54 Å². The Labute approximate surface area is 103 Å². The van der Waals surface area contributed by atoms with Crippen molar-refractivity contribution in [2.24, 2.45) is 0 Å². The molecule has 0 bridgehead atoms. The number of rotatable bonds is 2. The smallest absolute Gasteiger partial charge is 0.236 e. The van der Waals surface area contributed by atoms with Crippen LogP contribution in [0.2, 0.25) is 0 Å². The van der Waals surface area contributed by atoms with Crippen LogP contribution in [-0.2, 0) is 17.6 Å². The van der Waals surface area contributed by atoms with Crippen LogP contribution in [0.1, 0.15) is 11.1 Å². The number of carbonyl (C=O) groups excluding carboxylic acids is 1. The number of amides is 1. The molecule has 2 rings (SSSR count). The molecule has 17 heavy (non-hydrogen) atoms. The topological polar surface area (TPSA) is 23.6 Å². The maximum atomic E-state index is 11.7. The summed E-state index contributed by atoms with van der Waals surface area (Å²) in [6.45, 7) is 2.51. The minimum atomic E-state index is 0.191. The summed E-state index contributed by atoms with van der Waals surface area (Å²) in [6, 6.07) is 8.60. The summed E-state index contributed by atoms with van der Waals surface area (Å²) >= 11 is 0. The van der Waals surface area contributed by atoms with Crippen LogP contribution in [0.3, 0.4) is 0 Å². The fourth-order valence-corrected chi connectivity index (χ4v) is 2.21. The van der Waals surface area contributed by atoms with E-state index < -0.39 is 0 Å². The number of carbonyl (C=O) groups is 1. The first-order chi connectivity index (χ1) is 8.16. The zero-order valence-corrected chi connectivity index (χ0v) is 10.6. The second-order valence-electron chi connectivity index (χ2n) is 4.83. The van der Waals surface area contributed by atoms with Crippen molar-refractivity contribution < 1.29 is 4.79 Å². The highest BCUT2D eigenvalue weighted by Gasteiger charge is 2.16. The Hall–Kier alpha value is -1.35. The van der Waals surface area contributed by atoms with E-state index in [0.717, 1.165) is 25.9 Å². The van der Waals surface area contributed by atoms with Crippen LogP contribution in [0.5, 0.6) is 0 Å². The Morgan fingerprint density at radius 1 is 1.18 bits per heavy atom. The minimum absolute atomic E-state index is 0.191. The van der Waals surface area contributed by atoms with Gasteiger partial charge < -0.3 is 4.90 Å². The SMILES string of the molecule is CN(C)C(=O)CN1CCc2ccccc2CC1. The van der Waals surface area contributed by atoms with Crippen LogP contribution in [0.25, 0.3) is 0 Å². The average Bonchev–Trinajstić information content (AvgIpc) is 2.52. The van der Waals surface area contributed by atoms with Crippen molar-refractivity contribution >= 4 is 5.91 Å². The number of hydrogen-bond donors (Lipinski definition) is 0. The van der Waals surface area contributed by atoms with Crippen molar-refractivity contribution in [3.63, 3.8) is 0 Å². The molecule has 0 spiro atoms. The van der Waals surface area contributed by atoms with Crippen molar-refractivity contribution in [3.8, 4) is 0 Å². The predicted octanol–water partition coefficient (Wildman–Crippen LogP) is 1.18. The molecule has 0 aromatic heterocycles. The van der Waals surface area contributed by atoms with Crippen LogP contribution in [0.15, 0.2) is 24.3 Å². The van der Waals surface area contributed by atoms with Gasteiger partial charge in [-0.2, -0.15) is 0 Å². The molecule has 0 fully saturated rings. The van der Waals surface area contributed by atoms with Gasteiger partial charge in [0.2, 0.25) is 5.91 Å². The van der Waals surface area contributed by atoms with Crippen molar-refractivity contribution in [2.45, 2.75) is 12.8 Å². The number of fused-ring (bicyclic) bond motifs is 1. The summed E-state index contributed by atoms with van der Waals surface area (Å²) in [4.78, 5) is 15.6. The van der Waals surface area contributed by atoms with Crippen LogP contribution in [-0.4, -0.2) is 49.4 Å². The molecule has 3 heteroatoms. The van der Waals surface area contributed by atoms with E-state index in [1.807, 2.05) is 14.1 Å².